The van der Waals surface area contributed by atoms with Gasteiger partial charge in [-0.15, -0.1) is 24.0 Å². The zero-order chi connectivity index (χ0) is 20.2. The molecule has 29 heavy (non-hydrogen) atoms. The molecule has 1 aliphatic rings. The van der Waals surface area contributed by atoms with E-state index in [0.717, 1.165) is 44.8 Å². The van der Waals surface area contributed by atoms with Crippen LogP contribution in [0, 0.1) is 17.8 Å². The summed E-state index contributed by atoms with van der Waals surface area (Å²) in [7, 11) is 1.64. The van der Waals surface area contributed by atoms with Gasteiger partial charge in [0.15, 0.2) is 5.96 Å². The summed E-state index contributed by atoms with van der Waals surface area (Å²) in [5, 5.41) is 6.15. The lowest BCUT2D eigenvalue weighted by atomic mass is 10.1. The van der Waals surface area contributed by atoms with E-state index < -0.39 is 11.7 Å². The number of hydrogen-bond donors (Lipinski definition) is 2. The van der Waals surface area contributed by atoms with E-state index in [9.17, 15) is 13.2 Å². The van der Waals surface area contributed by atoms with Gasteiger partial charge in [0.2, 0.25) is 0 Å². The lowest BCUT2D eigenvalue weighted by molar-refractivity contribution is -0.137. The van der Waals surface area contributed by atoms with Crippen LogP contribution in [-0.4, -0.2) is 52.5 Å². The van der Waals surface area contributed by atoms with Gasteiger partial charge in [-0.3, -0.25) is 4.99 Å². The number of guanidine groups is 1. The first-order valence-electron chi connectivity index (χ1n) is 9.25. The molecule has 9 heteroatoms. The van der Waals surface area contributed by atoms with Crippen molar-refractivity contribution >= 4 is 29.9 Å². The molecule has 2 N–H and O–H groups in total. The molecule has 0 aliphatic carbocycles. The minimum Gasteiger partial charge on any atom is -0.381 e. The zero-order valence-electron chi connectivity index (χ0n) is 16.3. The van der Waals surface area contributed by atoms with Gasteiger partial charge in [0.05, 0.1) is 25.3 Å². The summed E-state index contributed by atoms with van der Waals surface area (Å²) in [4.78, 5) is 4.08. The van der Waals surface area contributed by atoms with Gasteiger partial charge in [0.25, 0.3) is 0 Å². The fourth-order valence-electron chi connectivity index (χ4n) is 2.61. The third-order valence-corrected chi connectivity index (χ3v) is 4.13. The molecule has 1 saturated heterocycles. The third kappa shape index (κ3) is 10.2. The van der Waals surface area contributed by atoms with E-state index in [2.05, 4.69) is 27.5 Å². The van der Waals surface area contributed by atoms with E-state index in [0.29, 0.717) is 30.6 Å². The standard InChI is InChI=1S/C20H26F3N3O2.HI/c1-24-19(26-10-4-11-27-14-17-8-12-28-15-17)25-9-3-6-16-5-2-7-18(13-16)20(21,22)23;/h2,5,7,13,17H,4,8-12,14-15H2,1H3,(H2,24,25,26);1H. The van der Waals surface area contributed by atoms with Crippen LogP contribution >= 0.6 is 24.0 Å². The molecule has 1 aromatic rings. The highest BCUT2D eigenvalue weighted by Gasteiger charge is 2.30. The van der Waals surface area contributed by atoms with Crippen molar-refractivity contribution in [2.24, 2.45) is 10.9 Å². The van der Waals surface area contributed by atoms with Crippen LogP contribution in [0.3, 0.4) is 0 Å². The summed E-state index contributed by atoms with van der Waals surface area (Å²) < 4.78 is 49.0. The summed E-state index contributed by atoms with van der Waals surface area (Å²) in [6.45, 7) is 3.98. The number of nitrogens with zero attached hydrogens (tertiary/aromatic N) is 1. The molecule has 0 radical (unpaired) electrons. The molecule has 0 amide bonds. The fourth-order valence-corrected chi connectivity index (χ4v) is 2.61. The Bertz CT molecular complexity index is 696. The number of aliphatic imine (C=N–C) groups is 1. The Labute approximate surface area is 186 Å². The average molecular weight is 525 g/mol. The first kappa shape index (κ1) is 25.5. The number of alkyl halides is 3. The van der Waals surface area contributed by atoms with E-state index in [1.807, 2.05) is 0 Å². The Balaban J connectivity index is 0.00000420. The van der Waals surface area contributed by atoms with Gasteiger partial charge in [0.1, 0.15) is 0 Å². The van der Waals surface area contributed by atoms with E-state index in [1.54, 1.807) is 13.1 Å². The average Bonchev–Trinajstić information content (AvgIpc) is 3.19. The maximum Gasteiger partial charge on any atom is 0.416 e. The van der Waals surface area contributed by atoms with Crippen LogP contribution in [0.5, 0.6) is 0 Å². The fraction of sp³-hybridized carbons (Fsp3) is 0.550. The largest absolute Gasteiger partial charge is 0.416 e. The quantitative estimate of drug-likeness (QED) is 0.189. The predicted octanol–water partition coefficient (Wildman–Crippen LogP) is 3.28. The molecular formula is C20H27F3IN3O2. The normalized spacial score (nSPS) is 16.6. The molecule has 0 bridgehead atoms. The van der Waals surface area contributed by atoms with E-state index in [-0.39, 0.29) is 30.5 Å². The summed E-state index contributed by atoms with van der Waals surface area (Å²) in [6.07, 6.45) is -2.46. The molecule has 0 saturated carbocycles. The Morgan fingerprint density at radius 3 is 2.86 bits per heavy atom. The predicted molar refractivity (Wildman–Crippen MR) is 117 cm³/mol. The Hall–Kier alpha value is -1.51. The highest BCUT2D eigenvalue weighted by molar-refractivity contribution is 14.0. The van der Waals surface area contributed by atoms with Gasteiger partial charge >= 0.3 is 6.18 Å². The number of nitrogens with one attached hydrogen (secondary N) is 2. The summed E-state index contributed by atoms with van der Waals surface area (Å²) in [6, 6.07) is 4.97. The van der Waals surface area contributed by atoms with Crippen LogP contribution in [0.2, 0.25) is 0 Å². The highest BCUT2D eigenvalue weighted by Crippen LogP contribution is 2.29. The molecule has 1 aliphatic heterocycles. The van der Waals surface area contributed by atoms with Crippen LogP contribution in [-0.2, 0) is 15.7 Å². The van der Waals surface area contributed by atoms with Crippen molar-refractivity contribution in [3.8, 4) is 11.8 Å². The molecule has 5 nitrogen and oxygen atoms in total. The molecule has 0 spiro atoms. The van der Waals surface area contributed by atoms with Crippen LogP contribution in [0.15, 0.2) is 29.3 Å². The molecule has 0 aromatic heterocycles. The third-order valence-electron chi connectivity index (χ3n) is 4.13. The van der Waals surface area contributed by atoms with E-state index in [4.69, 9.17) is 9.47 Å². The first-order chi connectivity index (χ1) is 13.5. The Morgan fingerprint density at radius 1 is 1.34 bits per heavy atom. The molecule has 1 unspecified atom stereocenters. The van der Waals surface area contributed by atoms with Crippen molar-refractivity contribution in [3.63, 3.8) is 0 Å². The number of hydrogen-bond acceptors (Lipinski definition) is 3. The van der Waals surface area contributed by atoms with Crippen molar-refractivity contribution in [1.29, 1.82) is 0 Å². The van der Waals surface area contributed by atoms with Crippen LogP contribution in [0.1, 0.15) is 24.0 Å². The Kier molecular flexibility index (Phi) is 12.0. The van der Waals surface area contributed by atoms with Crippen LogP contribution in [0.25, 0.3) is 0 Å². The van der Waals surface area contributed by atoms with Crippen LogP contribution in [0.4, 0.5) is 13.2 Å². The number of rotatable bonds is 7. The Morgan fingerprint density at radius 2 is 2.17 bits per heavy atom. The molecule has 1 atom stereocenters. The second kappa shape index (κ2) is 13.7. The van der Waals surface area contributed by atoms with E-state index in [1.165, 1.54) is 6.07 Å². The maximum absolute atomic E-state index is 12.7. The van der Waals surface area contributed by atoms with Crippen molar-refractivity contribution in [3.05, 3.63) is 35.4 Å². The second-order valence-corrected chi connectivity index (χ2v) is 6.39. The van der Waals surface area contributed by atoms with E-state index >= 15 is 0 Å². The number of ether oxygens (including phenoxy) is 2. The smallest absolute Gasteiger partial charge is 0.381 e. The van der Waals surface area contributed by atoms with Crippen molar-refractivity contribution < 1.29 is 22.6 Å². The minimum absolute atomic E-state index is 0. The summed E-state index contributed by atoms with van der Waals surface area (Å²) in [5.41, 5.74) is -0.378. The minimum atomic E-state index is -4.36. The zero-order valence-corrected chi connectivity index (χ0v) is 18.7. The van der Waals surface area contributed by atoms with Crippen LogP contribution < -0.4 is 10.6 Å². The van der Waals surface area contributed by atoms with Gasteiger partial charge < -0.3 is 20.1 Å². The van der Waals surface area contributed by atoms with Crippen molar-refractivity contribution in [1.82, 2.24) is 10.6 Å². The number of benzene rings is 1. The highest BCUT2D eigenvalue weighted by atomic mass is 127. The van der Waals surface area contributed by atoms with Gasteiger partial charge in [-0.05, 0) is 31.0 Å². The van der Waals surface area contributed by atoms with Gasteiger partial charge in [-0.1, -0.05) is 17.9 Å². The number of halogens is 4. The topological polar surface area (TPSA) is 54.9 Å². The molecule has 162 valence electrons. The summed E-state index contributed by atoms with van der Waals surface area (Å²) in [5.74, 6) is 6.62. The second-order valence-electron chi connectivity index (χ2n) is 6.39. The first-order valence-corrected chi connectivity index (χ1v) is 9.25. The summed E-state index contributed by atoms with van der Waals surface area (Å²) >= 11 is 0. The molecular weight excluding hydrogens is 498 g/mol. The van der Waals surface area contributed by atoms with Gasteiger partial charge in [-0.2, -0.15) is 13.2 Å². The van der Waals surface area contributed by atoms with Gasteiger partial charge in [0, 0.05) is 38.3 Å². The molecule has 1 aromatic carbocycles. The maximum atomic E-state index is 12.7. The van der Waals surface area contributed by atoms with Crippen molar-refractivity contribution in [2.45, 2.75) is 19.0 Å². The lowest BCUT2D eigenvalue weighted by Crippen LogP contribution is -2.38. The van der Waals surface area contributed by atoms with Crippen molar-refractivity contribution in [2.75, 3.05) is 46.6 Å². The molecule has 1 fully saturated rings. The molecule has 2 rings (SSSR count). The molecule has 1 heterocycles. The SMILES string of the molecule is CN=C(NCC#Cc1cccc(C(F)(F)F)c1)NCCCOCC1CCOC1.I. The monoisotopic (exact) mass is 525 g/mol. The van der Waals surface area contributed by atoms with Gasteiger partial charge in [-0.25, -0.2) is 0 Å². The lowest BCUT2D eigenvalue weighted by Gasteiger charge is -2.11.